The van der Waals surface area contributed by atoms with Crippen LogP contribution >= 0.6 is 15.9 Å². The highest BCUT2D eigenvalue weighted by molar-refractivity contribution is 9.10. The summed E-state index contributed by atoms with van der Waals surface area (Å²) >= 11 is 3.50. The van der Waals surface area contributed by atoms with Crippen molar-refractivity contribution in [2.75, 3.05) is 6.61 Å². The Kier molecular flexibility index (Phi) is 5.12. The fraction of sp³-hybridized carbons (Fsp3) is 0.235. The van der Waals surface area contributed by atoms with Crippen LogP contribution in [0.2, 0.25) is 0 Å². The lowest BCUT2D eigenvalue weighted by molar-refractivity contribution is 0.0962. The van der Waals surface area contributed by atoms with Gasteiger partial charge in [-0.05, 0) is 61.4 Å². The normalized spacial score (nSPS) is 10.5. The minimum atomic E-state index is -0.344. The molecule has 0 aliphatic carbocycles. The predicted molar refractivity (Wildman–Crippen MR) is 84.5 cm³/mol. The van der Waals surface area contributed by atoms with Crippen LogP contribution in [0.3, 0.4) is 0 Å². The average Bonchev–Trinajstić information content (AvgIpc) is 2.45. The Hall–Kier alpha value is -1.68. The van der Waals surface area contributed by atoms with Gasteiger partial charge in [-0.2, -0.15) is 0 Å². The molecule has 0 amide bonds. The molecule has 0 saturated carbocycles. The molecule has 0 spiro atoms. The molecule has 4 heteroatoms. The number of ketones is 1. The Morgan fingerprint density at radius 1 is 1.14 bits per heavy atom. The van der Waals surface area contributed by atoms with E-state index in [1.165, 1.54) is 24.3 Å². The molecule has 0 aliphatic rings. The standard InChI is InChI=1S/C17H16BrFO2/c1-11-9-15(10-12(2)17(11)18)21-8-7-16(20)13-3-5-14(19)6-4-13/h3-6,9-10H,7-8H2,1-2H3. The van der Waals surface area contributed by atoms with E-state index in [9.17, 15) is 9.18 Å². The van der Waals surface area contributed by atoms with Crippen LogP contribution in [0.15, 0.2) is 40.9 Å². The molecular formula is C17H16BrFO2. The highest BCUT2D eigenvalue weighted by Crippen LogP contribution is 2.26. The van der Waals surface area contributed by atoms with Crippen molar-refractivity contribution in [3.63, 3.8) is 0 Å². The lowest BCUT2D eigenvalue weighted by Crippen LogP contribution is -2.07. The summed E-state index contributed by atoms with van der Waals surface area (Å²) in [4.78, 5) is 11.9. The van der Waals surface area contributed by atoms with E-state index in [1.54, 1.807) is 0 Å². The lowest BCUT2D eigenvalue weighted by atomic mass is 10.1. The van der Waals surface area contributed by atoms with Crippen molar-refractivity contribution in [3.05, 3.63) is 63.4 Å². The summed E-state index contributed by atoms with van der Waals surface area (Å²) < 4.78 is 19.5. The van der Waals surface area contributed by atoms with Crippen molar-refractivity contribution in [2.45, 2.75) is 20.3 Å². The summed E-state index contributed by atoms with van der Waals surface area (Å²) in [5.41, 5.74) is 2.69. The molecule has 0 saturated heterocycles. The minimum absolute atomic E-state index is 0.0550. The summed E-state index contributed by atoms with van der Waals surface area (Å²) in [6.45, 7) is 4.29. The van der Waals surface area contributed by atoms with Crippen LogP contribution in [-0.4, -0.2) is 12.4 Å². The molecule has 0 aliphatic heterocycles. The first-order valence-electron chi connectivity index (χ1n) is 6.65. The van der Waals surface area contributed by atoms with Gasteiger partial charge in [-0.15, -0.1) is 0 Å². The lowest BCUT2D eigenvalue weighted by Gasteiger charge is -2.10. The molecule has 0 radical (unpaired) electrons. The van der Waals surface area contributed by atoms with Crippen LogP contribution in [0.1, 0.15) is 27.9 Å². The number of benzene rings is 2. The second-order valence-corrected chi connectivity index (χ2v) is 5.69. The van der Waals surface area contributed by atoms with Crippen molar-refractivity contribution >= 4 is 21.7 Å². The van der Waals surface area contributed by atoms with E-state index in [0.717, 1.165) is 21.3 Å². The van der Waals surface area contributed by atoms with Crippen molar-refractivity contribution in [2.24, 2.45) is 0 Å². The van der Waals surface area contributed by atoms with Gasteiger partial charge in [0.1, 0.15) is 11.6 Å². The SMILES string of the molecule is Cc1cc(OCCC(=O)c2ccc(F)cc2)cc(C)c1Br. The maximum Gasteiger partial charge on any atom is 0.166 e. The number of hydrogen-bond acceptors (Lipinski definition) is 2. The van der Waals surface area contributed by atoms with E-state index in [4.69, 9.17) is 4.74 Å². The van der Waals surface area contributed by atoms with Gasteiger partial charge >= 0.3 is 0 Å². The van der Waals surface area contributed by atoms with Gasteiger partial charge in [0, 0.05) is 16.5 Å². The first-order valence-corrected chi connectivity index (χ1v) is 7.45. The molecule has 110 valence electrons. The molecule has 2 rings (SSSR count). The first kappa shape index (κ1) is 15.7. The van der Waals surface area contributed by atoms with E-state index >= 15 is 0 Å². The van der Waals surface area contributed by atoms with E-state index in [2.05, 4.69) is 15.9 Å². The third-order valence-corrected chi connectivity index (χ3v) is 4.42. The molecular weight excluding hydrogens is 335 g/mol. The molecule has 0 unspecified atom stereocenters. The Morgan fingerprint density at radius 2 is 1.71 bits per heavy atom. The Bertz CT molecular complexity index is 627. The second-order valence-electron chi connectivity index (χ2n) is 4.90. The van der Waals surface area contributed by atoms with Gasteiger partial charge in [0.15, 0.2) is 5.78 Å². The summed E-state index contributed by atoms with van der Waals surface area (Å²) in [7, 11) is 0. The van der Waals surface area contributed by atoms with E-state index in [-0.39, 0.29) is 18.0 Å². The van der Waals surface area contributed by atoms with Gasteiger partial charge in [-0.1, -0.05) is 15.9 Å². The molecule has 2 nitrogen and oxygen atoms in total. The predicted octanol–water partition coefficient (Wildman–Crippen LogP) is 4.86. The quantitative estimate of drug-likeness (QED) is 0.720. The monoisotopic (exact) mass is 350 g/mol. The van der Waals surface area contributed by atoms with E-state index < -0.39 is 0 Å². The maximum absolute atomic E-state index is 12.8. The number of aryl methyl sites for hydroxylation is 2. The van der Waals surface area contributed by atoms with Gasteiger partial charge in [0.05, 0.1) is 6.61 Å². The molecule has 2 aromatic carbocycles. The van der Waals surface area contributed by atoms with Crippen LogP contribution in [0.25, 0.3) is 0 Å². The van der Waals surface area contributed by atoms with Crippen LogP contribution in [-0.2, 0) is 0 Å². The summed E-state index contributed by atoms with van der Waals surface area (Å²) in [6, 6.07) is 9.42. The molecule has 0 bridgehead atoms. The molecule has 21 heavy (non-hydrogen) atoms. The highest BCUT2D eigenvalue weighted by atomic mass is 79.9. The average molecular weight is 351 g/mol. The van der Waals surface area contributed by atoms with E-state index in [0.29, 0.717) is 12.2 Å². The van der Waals surface area contributed by atoms with Crippen molar-refractivity contribution in [1.82, 2.24) is 0 Å². The zero-order valence-electron chi connectivity index (χ0n) is 12.0. The molecule has 0 heterocycles. The number of hydrogen-bond donors (Lipinski definition) is 0. The second kappa shape index (κ2) is 6.85. The smallest absolute Gasteiger partial charge is 0.166 e. The van der Waals surface area contributed by atoms with Gasteiger partial charge in [-0.3, -0.25) is 4.79 Å². The zero-order valence-corrected chi connectivity index (χ0v) is 13.5. The van der Waals surface area contributed by atoms with Gasteiger partial charge < -0.3 is 4.74 Å². The molecule has 2 aromatic rings. The third kappa shape index (κ3) is 4.14. The molecule has 0 aromatic heterocycles. The topological polar surface area (TPSA) is 26.3 Å². The first-order chi connectivity index (χ1) is 9.97. The summed E-state index contributed by atoms with van der Waals surface area (Å²) in [5, 5.41) is 0. The van der Waals surface area contributed by atoms with Gasteiger partial charge in [0.2, 0.25) is 0 Å². The number of ether oxygens (including phenoxy) is 1. The maximum atomic E-state index is 12.8. The van der Waals surface area contributed by atoms with Gasteiger partial charge in [-0.25, -0.2) is 4.39 Å². The fourth-order valence-corrected chi connectivity index (χ4v) is 2.26. The largest absolute Gasteiger partial charge is 0.493 e. The molecule has 0 atom stereocenters. The number of carbonyl (C=O) groups is 1. The van der Waals surface area contributed by atoms with Crippen LogP contribution in [0.4, 0.5) is 4.39 Å². The Labute approximate surface area is 132 Å². The van der Waals surface area contributed by atoms with Crippen molar-refractivity contribution in [3.8, 4) is 5.75 Å². The van der Waals surface area contributed by atoms with Gasteiger partial charge in [0.25, 0.3) is 0 Å². The molecule has 0 N–H and O–H groups in total. The van der Waals surface area contributed by atoms with Crippen LogP contribution < -0.4 is 4.74 Å². The Morgan fingerprint density at radius 3 is 2.29 bits per heavy atom. The summed E-state index contributed by atoms with van der Waals surface area (Å²) in [6.07, 6.45) is 0.264. The Balaban J connectivity index is 1.92. The highest BCUT2D eigenvalue weighted by Gasteiger charge is 2.07. The number of Topliss-reactive ketones (excluding diaryl/α,β-unsaturated/α-hetero) is 1. The van der Waals surface area contributed by atoms with Crippen LogP contribution in [0, 0.1) is 19.7 Å². The number of rotatable bonds is 5. The van der Waals surface area contributed by atoms with Crippen LogP contribution in [0.5, 0.6) is 5.75 Å². The minimum Gasteiger partial charge on any atom is -0.493 e. The fourth-order valence-electron chi connectivity index (χ4n) is 2.03. The molecule has 0 fully saturated rings. The zero-order chi connectivity index (χ0) is 15.4. The summed E-state index contributed by atoms with van der Waals surface area (Å²) in [5.74, 6) is 0.351. The van der Waals surface area contributed by atoms with Crippen molar-refractivity contribution in [1.29, 1.82) is 0 Å². The number of halogens is 2. The number of carbonyl (C=O) groups excluding carboxylic acids is 1. The van der Waals surface area contributed by atoms with E-state index in [1.807, 2.05) is 26.0 Å². The van der Waals surface area contributed by atoms with Crippen molar-refractivity contribution < 1.29 is 13.9 Å². The third-order valence-electron chi connectivity index (χ3n) is 3.17.